The highest BCUT2D eigenvalue weighted by Crippen LogP contribution is 2.35. The van der Waals surface area contributed by atoms with E-state index >= 15 is 0 Å². The van der Waals surface area contributed by atoms with E-state index in [1.165, 1.54) is 0 Å². The predicted octanol–water partition coefficient (Wildman–Crippen LogP) is 4.99. The molecule has 1 N–H and O–H groups in total. The van der Waals surface area contributed by atoms with Crippen molar-refractivity contribution in [3.8, 4) is 6.07 Å². The number of aromatic nitrogens is 2. The largest absolute Gasteiger partial charge is 0.347 e. The molecule has 9 heteroatoms. The summed E-state index contributed by atoms with van der Waals surface area (Å²) in [6, 6.07) is 15.9. The molecule has 0 saturated carbocycles. The molecule has 2 atom stereocenters. The summed E-state index contributed by atoms with van der Waals surface area (Å²) < 4.78 is -0.140. The van der Waals surface area contributed by atoms with Gasteiger partial charge in [0.25, 0.3) is 5.91 Å². The Kier molecular flexibility index (Phi) is 8.68. The zero-order valence-electron chi connectivity index (χ0n) is 19.5. The number of carbonyl (C=O) groups is 2. The van der Waals surface area contributed by atoms with Crippen molar-refractivity contribution in [2.24, 2.45) is 0 Å². The first kappa shape index (κ1) is 26.4. The Balaban J connectivity index is 0.00000342. The van der Waals surface area contributed by atoms with Gasteiger partial charge in [-0.25, -0.2) is 14.3 Å². The van der Waals surface area contributed by atoms with Gasteiger partial charge in [0.2, 0.25) is 0 Å². The molecule has 0 aliphatic carbocycles. The van der Waals surface area contributed by atoms with Gasteiger partial charge in [-0.3, -0.25) is 4.79 Å². The van der Waals surface area contributed by atoms with Crippen LogP contribution in [0.5, 0.6) is 0 Å². The van der Waals surface area contributed by atoms with E-state index in [0.717, 1.165) is 24.1 Å². The number of unbranched alkanes of at least 4 members (excludes halogenated alkanes) is 1. The number of nitrogens with zero attached hydrogens (tertiary/aromatic N) is 4. The molecular formula is C26H28Cl2N5O2+. The summed E-state index contributed by atoms with van der Waals surface area (Å²) in [6.07, 6.45) is 5.59. The number of hydrogen-bond acceptors (Lipinski definition) is 4. The Morgan fingerprint density at radius 3 is 2.63 bits per heavy atom. The van der Waals surface area contributed by atoms with Crippen LogP contribution in [0.25, 0.3) is 0 Å². The van der Waals surface area contributed by atoms with Crippen molar-refractivity contribution in [3.63, 3.8) is 0 Å². The summed E-state index contributed by atoms with van der Waals surface area (Å²) in [4.78, 5) is 36.8. The van der Waals surface area contributed by atoms with Crippen molar-refractivity contribution in [2.45, 2.75) is 45.3 Å². The molecule has 2 aromatic carbocycles. The van der Waals surface area contributed by atoms with Gasteiger partial charge in [-0.1, -0.05) is 49.6 Å². The maximum atomic E-state index is 14.3. The molecule has 0 spiro atoms. The molecule has 1 aliphatic rings. The van der Waals surface area contributed by atoms with E-state index in [1.54, 1.807) is 41.7 Å². The lowest BCUT2D eigenvalue weighted by Crippen LogP contribution is -2.70. The molecule has 3 aromatic rings. The average Bonchev–Trinajstić information content (AvgIpc) is 3.36. The average molecular weight is 513 g/mol. The molecule has 0 radical (unpaired) electrons. The van der Waals surface area contributed by atoms with Crippen LogP contribution in [0.4, 0.5) is 5.69 Å². The number of piperazine rings is 1. The molecule has 1 saturated heterocycles. The van der Waals surface area contributed by atoms with Crippen LogP contribution in [0.2, 0.25) is 5.02 Å². The molecule has 7 nitrogen and oxygen atoms in total. The maximum absolute atomic E-state index is 14.3. The Labute approximate surface area is 216 Å². The lowest BCUT2D eigenvalue weighted by Gasteiger charge is -2.45. The Morgan fingerprint density at radius 2 is 2.00 bits per heavy atom. The van der Waals surface area contributed by atoms with E-state index in [9.17, 15) is 9.59 Å². The molecular weight excluding hydrogens is 485 g/mol. The van der Waals surface area contributed by atoms with Gasteiger partial charge >= 0.3 is 5.91 Å². The Hall–Kier alpha value is -3.18. The van der Waals surface area contributed by atoms with Gasteiger partial charge in [-0.15, -0.1) is 12.4 Å². The normalized spacial score (nSPS) is 19.8. The van der Waals surface area contributed by atoms with Crippen LogP contribution >= 0.6 is 24.0 Å². The van der Waals surface area contributed by atoms with Crippen molar-refractivity contribution < 1.29 is 9.59 Å². The van der Waals surface area contributed by atoms with Crippen LogP contribution in [-0.4, -0.2) is 39.3 Å². The van der Waals surface area contributed by atoms with Crippen LogP contribution in [-0.2, 0) is 22.7 Å². The Morgan fingerprint density at radius 1 is 1.23 bits per heavy atom. The van der Waals surface area contributed by atoms with Crippen molar-refractivity contribution in [1.82, 2.24) is 19.4 Å². The van der Waals surface area contributed by atoms with Gasteiger partial charge < -0.3 is 9.88 Å². The lowest BCUT2D eigenvalue weighted by molar-refractivity contribution is -0.156. The molecule has 4 rings (SSSR count). The minimum absolute atomic E-state index is 0. The third kappa shape index (κ3) is 5.57. The number of H-pyrrole nitrogens is 1. The second kappa shape index (κ2) is 11.5. The minimum Gasteiger partial charge on any atom is -0.347 e. The summed E-state index contributed by atoms with van der Waals surface area (Å²) in [5, 5.41) is 9.67. The van der Waals surface area contributed by atoms with Crippen LogP contribution in [0.3, 0.4) is 0 Å². The quantitative estimate of drug-likeness (QED) is 0.430. The summed E-state index contributed by atoms with van der Waals surface area (Å²) in [5.41, 5.74) is 2.90. The lowest BCUT2D eigenvalue weighted by atomic mass is 9.98. The van der Waals surface area contributed by atoms with Crippen molar-refractivity contribution in [1.29, 1.82) is 5.26 Å². The number of imidazole rings is 1. The fourth-order valence-electron chi connectivity index (χ4n) is 4.60. The fourth-order valence-corrected chi connectivity index (χ4v) is 4.79. The topological polar surface area (TPSA) is 89.8 Å². The minimum atomic E-state index is -0.568. The van der Waals surface area contributed by atoms with E-state index in [4.69, 9.17) is 16.9 Å². The first-order chi connectivity index (χ1) is 16.5. The standard InChI is InChI=1S/C26H27ClN5O2.ClH/c1-2-3-7-24-26(34)32(23-6-4-5-21(27)12-23,16-20-10-8-19(13-28)9-11-20)17-25(33)31(24)15-22-14-29-18-30-22;/h4-6,8-12,14,18,24H,2-3,7,15-17H2,1H3,(H,29,30);1H/q+1;/t24?,32-;/m0./s1. The summed E-state index contributed by atoms with van der Waals surface area (Å²) in [5.74, 6) is -0.122. The van der Waals surface area contributed by atoms with E-state index in [2.05, 4.69) is 23.0 Å². The smallest absolute Gasteiger partial charge is 0.342 e. The van der Waals surface area contributed by atoms with Crippen molar-refractivity contribution in [3.05, 3.63) is 82.9 Å². The SMILES string of the molecule is CCCCC1C(=O)[N@+](Cc2ccc(C#N)cc2)(c2cccc(Cl)c2)CC(=O)N1Cc1cnc[nH]1.Cl. The predicted molar refractivity (Wildman–Crippen MR) is 138 cm³/mol. The highest BCUT2D eigenvalue weighted by Gasteiger charge is 2.53. The molecule has 1 aliphatic heterocycles. The second-order valence-electron chi connectivity index (χ2n) is 8.67. The summed E-state index contributed by atoms with van der Waals surface area (Å²) in [7, 11) is 0. The zero-order chi connectivity index (χ0) is 24.1. The van der Waals surface area contributed by atoms with Crippen molar-refractivity contribution in [2.75, 3.05) is 6.54 Å². The maximum Gasteiger partial charge on any atom is 0.342 e. The van der Waals surface area contributed by atoms with Gasteiger partial charge in [-0.2, -0.15) is 5.26 Å². The first-order valence-electron chi connectivity index (χ1n) is 11.4. The number of nitriles is 1. The molecule has 1 aromatic heterocycles. The third-order valence-corrected chi connectivity index (χ3v) is 6.61. The van der Waals surface area contributed by atoms with E-state index in [1.807, 2.05) is 24.3 Å². The van der Waals surface area contributed by atoms with E-state index in [0.29, 0.717) is 35.8 Å². The van der Waals surface area contributed by atoms with Gasteiger partial charge in [0.15, 0.2) is 6.54 Å². The molecule has 2 heterocycles. The van der Waals surface area contributed by atoms with E-state index < -0.39 is 6.04 Å². The third-order valence-electron chi connectivity index (χ3n) is 6.37. The van der Waals surface area contributed by atoms with Crippen LogP contribution < -0.4 is 4.48 Å². The van der Waals surface area contributed by atoms with Gasteiger partial charge in [0.05, 0.1) is 30.2 Å². The number of rotatable bonds is 8. The second-order valence-corrected chi connectivity index (χ2v) is 9.10. The van der Waals surface area contributed by atoms with Crippen molar-refractivity contribution >= 4 is 41.5 Å². The number of nitrogens with one attached hydrogen (secondary N) is 1. The monoisotopic (exact) mass is 512 g/mol. The van der Waals surface area contributed by atoms with Crippen LogP contribution in [0, 0.1) is 11.3 Å². The number of carbonyl (C=O) groups excluding carboxylic acids is 2. The molecule has 182 valence electrons. The van der Waals surface area contributed by atoms with E-state index in [-0.39, 0.29) is 35.2 Å². The highest BCUT2D eigenvalue weighted by molar-refractivity contribution is 6.30. The van der Waals surface area contributed by atoms with Crippen LogP contribution in [0.15, 0.2) is 61.1 Å². The molecule has 1 unspecified atom stereocenters. The zero-order valence-corrected chi connectivity index (χ0v) is 21.1. The summed E-state index contributed by atoms with van der Waals surface area (Å²) in [6.45, 7) is 2.68. The molecule has 1 fully saturated rings. The first-order valence-corrected chi connectivity index (χ1v) is 11.8. The van der Waals surface area contributed by atoms with Gasteiger partial charge in [0, 0.05) is 22.8 Å². The number of amides is 2. The number of benzene rings is 2. The number of hydrogen-bond donors (Lipinski definition) is 1. The number of halogens is 2. The molecule has 2 amide bonds. The Bertz CT molecular complexity index is 1210. The molecule has 35 heavy (non-hydrogen) atoms. The number of aromatic amines is 1. The van der Waals surface area contributed by atoms with Crippen LogP contribution in [0.1, 0.15) is 43.0 Å². The molecule has 0 bridgehead atoms. The van der Waals surface area contributed by atoms with Gasteiger partial charge in [-0.05, 0) is 30.7 Å². The fraction of sp³-hybridized carbons (Fsp3) is 0.308. The van der Waals surface area contributed by atoms with Gasteiger partial charge in [0.1, 0.15) is 18.3 Å². The summed E-state index contributed by atoms with van der Waals surface area (Å²) >= 11 is 6.33. The number of quaternary nitrogens is 1. The highest BCUT2D eigenvalue weighted by atomic mass is 35.5.